The number of fused-ring (bicyclic) bond motifs is 2. The van der Waals surface area contributed by atoms with E-state index in [1.807, 2.05) is 7.05 Å². The Morgan fingerprint density at radius 2 is 1.98 bits per heavy atom. The zero-order valence-electron chi connectivity index (χ0n) is 25.0. The highest BCUT2D eigenvalue weighted by Crippen LogP contribution is 2.47. The predicted molar refractivity (Wildman–Crippen MR) is 165 cm³/mol. The number of nitrogens with one attached hydrogen (secondary N) is 2. The third-order valence-corrected chi connectivity index (χ3v) is 7.43. The van der Waals surface area contributed by atoms with Gasteiger partial charge in [-0.25, -0.2) is 14.8 Å². The molecule has 232 valence electrons. The number of likely N-dealkylation sites (N-methyl/N-ethyl adjacent to an activating group) is 1. The average Bonchev–Trinajstić information content (AvgIpc) is 3.50. The number of urea groups is 1. The van der Waals surface area contributed by atoms with Crippen LogP contribution in [-0.4, -0.2) is 111 Å². The van der Waals surface area contributed by atoms with Crippen molar-refractivity contribution < 1.29 is 28.5 Å². The number of hydrogen-bond acceptors (Lipinski definition) is 10. The maximum absolute atomic E-state index is 12.0. The number of hydrogen-bond donors (Lipinski definition) is 2. The number of methoxy groups -OCH3 is 1. The summed E-state index contributed by atoms with van der Waals surface area (Å²) in [6, 6.07) is 5.04. The maximum Gasteiger partial charge on any atom is 0.317 e. The van der Waals surface area contributed by atoms with Crippen LogP contribution in [0, 0.1) is 11.8 Å². The fraction of sp³-hybridized carbons (Fsp3) is 0.400. The number of aromatic nitrogens is 2. The lowest BCUT2D eigenvalue weighted by Crippen LogP contribution is -2.48. The van der Waals surface area contributed by atoms with Crippen LogP contribution in [0.25, 0.3) is 10.9 Å². The average molecular weight is 624 g/mol. The van der Waals surface area contributed by atoms with Gasteiger partial charge in [0.2, 0.25) is 12.7 Å². The molecule has 2 aliphatic heterocycles. The normalized spacial score (nSPS) is 14.2. The number of benzene rings is 2. The van der Waals surface area contributed by atoms with Crippen molar-refractivity contribution in [3.8, 4) is 34.8 Å². The van der Waals surface area contributed by atoms with Crippen molar-refractivity contribution in [2.75, 3.05) is 79.7 Å². The number of rotatable bonds is 9. The number of piperazine rings is 1. The highest BCUT2D eigenvalue weighted by Gasteiger charge is 2.26. The minimum atomic E-state index is -0.242. The molecule has 2 aromatic carbocycles. The standard InChI is InChI=1S/C30H34ClN7O6/c1-36(2)30(40)32-8-5-7-19-13-21(31)26(28-27(19)43-18-44-28)35-29-20-14-23(41-4)24(15-22(20)33-17-34-29)42-12-6-9-38-11-10-37(3)25(39)16-38/h13-15,17H,6,8-12,16,18H2,1-4H3,(H,32,40)(H,33,34,35). The summed E-state index contributed by atoms with van der Waals surface area (Å²) in [5.74, 6) is 8.43. The van der Waals surface area contributed by atoms with Gasteiger partial charge in [-0.1, -0.05) is 23.4 Å². The van der Waals surface area contributed by atoms with Crippen molar-refractivity contribution >= 4 is 45.9 Å². The van der Waals surface area contributed by atoms with E-state index in [1.165, 1.54) is 11.2 Å². The molecule has 1 saturated heterocycles. The zero-order chi connectivity index (χ0) is 31.2. The highest BCUT2D eigenvalue weighted by atomic mass is 35.5. The van der Waals surface area contributed by atoms with E-state index in [0.717, 1.165) is 26.1 Å². The van der Waals surface area contributed by atoms with Gasteiger partial charge >= 0.3 is 6.03 Å². The number of halogens is 1. The summed E-state index contributed by atoms with van der Waals surface area (Å²) < 4.78 is 23.2. The quantitative estimate of drug-likeness (QED) is 0.271. The van der Waals surface area contributed by atoms with Gasteiger partial charge < -0.3 is 39.4 Å². The first-order chi connectivity index (χ1) is 21.2. The molecule has 0 spiro atoms. The van der Waals surface area contributed by atoms with E-state index in [2.05, 4.69) is 37.3 Å². The summed E-state index contributed by atoms with van der Waals surface area (Å²) >= 11 is 6.69. The molecule has 1 fully saturated rings. The SMILES string of the molecule is COc1cc2c(Nc3c(Cl)cc(C#CCNC(=O)N(C)C)c4c3OCO4)ncnc2cc1OCCCN1CCN(C)C(=O)C1. The molecule has 3 aromatic rings. The fourth-order valence-corrected chi connectivity index (χ4v) is 4.93. The Kier molecular flexibility index (Phi) is 9.62. The van der Waals surface area contributed by atoms with Gasteiger partial charge in [-0.05, 0) is 18.6 Å². The molecular weight excluding hydrogens is 590 g/mol. The Morgan fingerprint density at radius 3 is 2.75 bits per heavy atom. The molecule has 1 aromatic heterocycles. The number of ether oxygens (including phenoxy) is 4. The second kappa shape index (κ2) is 13.7. The molecule has 13 nitrogen and oxygen atoms in total. The van der Waals surface area contributed by atoms with E-state index < -0.39 is 0 Å². The van der Waals surface area contributed by atoms with Crippen LogP contribution in [-0.2, 0) is 4.79 Å². The Hall–Kier alpha value is -4.67. The number of carbonyl (C=O) groups excluding carboxylic acids is 2. The van der Waals surface area contributed by atoms with Gasteiger partial charge in [0.15, 0.2) is 23.0 Å². The molecule has 0 radical (unpaired) electrons. The van der Waals surface area contributed by atoms with Crippen LogP contribution in [0.4, 0.5) is 16.3 Å². The van der Waals surface area contributed by atoms with Crippen LogP contribution >= 0.6 is 11.6 Å². The Labute approximate surface area is 260 Å². The molecular formula is C30H34ClN7O6. The second-order valence-electron chi connectivity index (χ2n) is 10.4. The first kappa shape index (κ1) is 30.8. The lowest BCUT2D eigenvalue weighted by Gasteiger charge is -2.31. The molecule has 2 N–H and O–H groups in total. The summed E-state index contributed by atoms with van der Waals surface area (Å²) in [7, 11) is 6.70. The van der Waals surface area contributed by atoms with Gasteiger partial charge in [-0.15, -0.1) is 0 Å². The molecule has 0 saturated carbocycles. The maximum atomic E-state index is 12.0. The Morgan fingerprint density at radius 1 is 1.16 bits per heavy atom. The fourth-order valence-electron chi connectivity index (χ4n) is 4.69. The monoisotopic (exact) mass is 623 g/mol. The van der Waals surface area contributed by atoms with Crippen LogP contribution in [0.3, 0.4) is 0 Å². The Balaban J connectivity index is 1.31. The van der Waals surface area contributed by atoms with Gasteiger partial charge in [-0.3, -0.25) is 9.69 Å². The molecule has 2 aliphatic rings. The van der Waals surface area contributed by atoms with Crippen molar-refractivity contribution in [2.24, 2.45) is 0 Å². The van der Waals surface area contributed by atoms with Crippen molar-refractivity contribution in [3.63, 3.8) is 0 Å². The van der Waals surface area contributed by atoms with E-state index in [0.29, 0.717) is 69.1 Å². The molecule has 5 rings (SSSR count). The van der Waals surface area contributed by atoms with Crippen molar-refractivity contribution in [3.05, 3.63) is 35.1 Å². The first-order valence-corrected chi connectivity index (χ1v) is 14.4. The number of amides is 3. The summed E-state index contributed by atoms with van der Waals surface area (Å²) in [4.78, 5) is 37.9. The van der Waals surface area contributed by atoms with Crippen LogP contribution in [0.2, 0.25) is 5.02 Å². The number of anilines is 2. The van der Waals surface area contributed by atoms with Gasteiger partial charge in [-0.2, -0.15) is 0 Å². The van der Waals surface area contributed by atoms with E-state index in [1.54, 1.807) is 44.3 Å². The van der Waals surface area contributed by atoms with E-state index >= 15 is 0 Å². The van der Waals surface area contributed by atoms with Gasteiger partial charge in [0.05, 0.1) is 42.9 Å². The lowest BCUT2D eigenvalue weighted by atomic mass is 10.1. The molecule has 44 heavy (non-hydrogen) atoms. The summed E-state index contributed by atoms with van der Waals surface area (Å²) in [6.45, 7) is 3.39. The highest BCUT2D eigenvalue weighted by molar-refractivity contribution is 6.34. The molecule has 0 bridgehead atoms. The molecule has 3 heterocycles. The molecule has 0 atom stereocenters. The van der Waals surface area contributed by atoms with Crippen LogP contribution in [0.15, 0.2) is 24.5 Å². The minimum absolute atomic E-state index is 0.000556. The topological polar surface area (TPSA) is 131 Å². The number of nitrogens with zero attached hydrogens (tertiary/aromatic N) is 5. The minimum Gasteiger partial charge on any atom is -0.493 e. The summed E-state index contributed by atoms with van der Waals surface area (Å²) in [6.07, 6.45) is 2.20. The number of carbonyl (C=O) groups is 2. The van der Waals surface area contributed by atoms with E-state index in [4.69, 9.17) is 30.5 Å². The van der Waals surface area contributed by atoms with Crippen LogP contribution in [0.5, 0.6) is 23.0 Å². The van der Waals surface area contributed by atoms with Crippen LogP contribution in [0.1, 0.15) is 12.0 Å². The van der Waals surface area contributed by atoms with Crippen molar-refractivity contribution in [1.82, 2.24) is 30.0 Å². The predicted octanol–water partition coefficient (Wildman–Crippen LogP) is 2.93. The van der Waals surface area contributed by atoms with Crippen molar-refractivity contribution in [2.45, 2.75) is 6.42 Å². The van der Waals surface area contributed by atoms with Gasteiger partial charge in [0, 0.05) is 52.2 Å². The summed E-state index contributed by atoms with van der Waals surface area (Å²) in [5.41, 5.74) is 1.63. The molecule has 14 heteroatoms. The lowest BCUT2D eigenvalue weighted by molar-refractivity contribution is -0.134. The molecule has 3 amide bonds. The Bertz CT molecular complexity index is 1620. The third kappa shape index (κ3) is 6.93. The van der Waals surface area contributed by atoms with E-state index in [-0.39, 0.29) is 25.3 Å². The second-order valence-corrected chi connectivity index (χ2v) is 10.8. The smallest absolute Gasteiger partial charge is 0.317 e. The largest absolute Gasteiger partial charge is 0.493 e. The zero-order valence-corrected chi connectivity index (χ0v) is 25.8. The van der Waals surface area contributed by atoms with E-state index in [9.17, 15) is 9.59 Å². The summed E-state index contributed by atoms with van der Waals surface area (Å²) in [5, 5.41) is 6.98. The molecule has 0 unspecified atom stereocenters. The third-order valence-electron chi connectivity index (χ3n) is 7.13. The van der Waals surface area contributed by atoms with Gasteiger partial charge in [0.1, 0.15) is 17.8 Å². The van der Waals surface area contributed by atoms with Crippen molar-refractivity contribution in [1.29, 1.82) is 0 Å². The first-order valence-electron chi connectivity index (χ1n) is 14.0. The van der Waals surface area contributed by atoms with Crippen LogP contribution < -0.4 is 29.6 Å². The van der Waals surface area contributed by atoms with Gasteiger partial charge in [0.25, 0.3) is 0 Å². The molecule has 0 aliphatic carbocycles.